The van der Waals surface area contributed by atoms with Gasteiger partial charge in [0, 0.05) is 0 Å². The Morgan fingerprint density at radius 2 is 2.38 bits per heavy atom. The van der Waals surface area contributed by atoms with Gasteiger partial charge < -0.3 is 5.32 Å². The third kappa shape index (κ3) is 0.894. The van der Waals surface area contributed by atoms with Gasteiger partial charge in [0.15, 0.2) is 0 Å². The predicted octanol–water partition coefficient (Wildman–Crippen LogP) is -0.845. The molecule has 0 spiro atoms. The smallest absolute Gasteiger partial charge is 0.219 e. The summed E-state index contributed by atoms with van der Waals surface area (Å²) >= 11 is 0. The van der Waals surface area contributed by atoms with E-state index in [0.29, 0.717) is 11.4 Å². The van der Waals surface area contributed by atoms with Gasteiger partial charge in [-0.15, -0.1) is 0 Å². The van der Waals surface area contributed by atoms with Gasteiger partial charge in [0.25, 0.3) is 0 Å². The fourth-order valence-electron chi connectivity index (χ4n) is 0.485. The van der Waals surface area contributed by atoms with Crippen molar-refractivity contribution in [1.82, 2.24) is 5.32 Å². The standard InChI is InChI=1S/C4H5NO2S/c6-8(7)4-1-2-5-3-4/h1-2,5H,3H2. The molecule has 0 aliphatic carbocycles. The van der Waals surface area contributed by atoms with E-state index < -0.39 is 10.3 Å². The summed E-state index contributed by atoms with van der Waals surface area (Å²) in [6.45, 7) is 0.441. The van der Waals surface area contributed by atoms with Gasteiger partial charge in [-0.3, -0.25) is 0 Å². The molecule has 1 rings (SSSR count). The van der Waals surface area contributed by atoms with Crippen molar-refractivity contribution in [3.8, 4) is 0 Å². The van der Waals surface area contributed by atoms with Crippen molar-refractivity contribution in [2.45, 2.75) is 0 Å². The van der Waals surface area contributed by atoms with Crippen LogP contribution in [0.5, 0.6) is 0 Å². The molecule has 0 aromatic carbocycles. The fraction of sp³-hybridized carbons (Fsp3) is 0.250. The van der Waals surface area contributed by atoms with Crippen molar-refractivity contribution in [3.63, 3.8) is 0 Å². The second-order valence-electron chi connectivity index (χ2n) is 1.42. The minimum Gasteiger partial charge on any atom is -0.386 e. The summed E-state index contributed by atoms with van der Waals surface area (Å²) < 4.78 is 20.1. The third-order valence-electron chi connectivity index (χ3n) is 0.877. The van der Waals surface area contributed by atoms with E-state index in [1.165, 1.54) is 0 Å². The van der Waals surface area contributed by atoms with Gasteiger partial charge in [-0.05, 0) is 12.3 Å². The van der Waals surface area contributed by atoms with Crippen LogP contribution in [0, 0.1) is 0 Å². The first-order valence-corrected chi connectivity index (χ1v) is 3.23. The molecule has 0 aromatic rings. The molecule has 3 nitrogen and oxygen atoms in total. The van der Waals surface area contributed by atoms with Crippen LogP contribution in [0.15, 0.2) is 12.3 Å². The number of nitrogens with one attached hydrogen (secondary N) is 1. The molecule has 8 heavy (non-hydrogen) atoms. The largest absolute Gasteiger partial charge is 0.386 e. The Labute approximate surface area is 48.5 Å². The van der Waals surface area contributed by atoms with E-state index in [1.807, 2.05) is 0 Å². The molecule has 0 atom stereocenters. The molecule has 4 heteroatoms. The Morgan fingerprint density at radius 1 is 1.62 bits per heavy atom. The van der Waals surface area contributed by atoms with Crippen LogP contribution in [0.4, 0.5) is 0 Å². The van der Waals surface area contributed by atoms with E-state index in [0.717, 1.165) is 0 Å². The van der Waals surface area contributed by atoms with Gasteiger partial charge in [0.1, 0.15) is 0 Å². The monoisotopic (exact) mass is 131 g/mol. The number of hydrogen-bond acceptors (Lipinski definition) is 3. The number of hydrogen-bond donors (Lipinski definition) is 1. The van der Waals surface area contributed by atoms with Gasteiger partial charge >= 0.3 is 0 Å². The van der Waals surface area contributed by atoms with Crippen molar-refractivity contribution < 1.29 is 8.42 Å². The molecular weight excluding hydrogens is 126 g/mol. The zero-order valence-electron chi connectivity index (χ0n) is 4.09. The summed E-state index contributed by atoms with van der Waals surface area (Å²) in [6.07, 6.45) is 3.16. The Kier molecular flexibility index (Phi) is 1.34. The van der Waals surface area contributed by atoms with Gasteiger partial charge in [-0.25, -0.2) is 0 Å². The highest BCUT2D eigenvalue weighted by Crippen LogP contribution is 1.82. The highest BCUT2D eigenvalue weighted by molar-refractivity contribution is 7.73. The lowest BCUT2D eigenvalue weighted by molar-refractivity contribution is 0.627. The zero-order valence-corrected chi connectivity index (χ0v) is 4.90. The summed E-state index contributed by atoms with van der Waals surface area (Å²) in [5.74, 6) is 0. The topological polar surface area (TPSA) is 46.2 Å². The lowest BCUT2D eigenvalue weighted by Gasteiger charge is -1.80. The first kappa shape index (κ1) is 5.37. The highest BCUT2D eigenvalue weighted by Gasteiger charge is 1.98. The first-order chi connectivity index (χ1) is 3.80. The summed E-state index contributed by atoms with van der Waals surface area (Å²) in [5, 5.41) is 2.74. The van der Waals surface area contributed by atoms with Gasteiger partial charge in [-0.2, -0.15) is 8.42 Å². The van der Waals surface area contributed by atoms with E-state index in [4.69, 9.17) is 0 Å². The number of rotatable bonds is 0. The Balaban J connectivity index is 3.07. The Hall–Kier alpha value is -0.770. The van der Waals surface area contributed by atoms with E-state index >= 15 is 0 Å². The molecule has 1 aliphatic heterocycles. The molecule has 0 saturated carbocycles. The second kappa shape index (κ2) is 2.00. The van der Waals surface area contributed by atoms with Gasteiger partial charge in [0.2, 0.25) is 10.3 Å². The molecular formula is C4H5NO2S. The van der Waals surface area contributed by atoms with Crippen LogP contribution in [0.2, 0.25) is 0 Å². The third-order valence-corrected chi connectivity index (χ3v) is 1.59. The average Bonchev–Trinajstić information content (AvgIpc) is 2.12. The molecule has 1 N–H and O–H groups in total. The average molecular weight is 131 g/mol. The van der Waals surface area contributed by atoms with E-state index in [1.54, 1.807) is 12.3 Å². The van der Waals surface area contributed by atoms with Gasteiger partial charge in [-0.1, -0.05) is 0 Å². The normalized spacial score (nSPS) is 16.2. The van der Waals surface area contributed by atoms with Crippen LogP contribution in [-0.2, 0) is 10.3 Å². The van der Waals surface area contributed by atoms with E-state index in [2.05, 4.69) is 5.32 Å². The quantitative estimate of drug-likeness (QED) is 0.436. The van der Waals surface area contributed by atoms with Crippen molar-refractivity contribution in [2.75, 3.05) is 6.54 Å². The predicted molar refractivity (Wildman–Crippen MR) is 31.1 cm³/mol. The minimum atomic E-state index is -2.02. The van der Waals surface area contributed by atoms with Crippen LogP contribution < -0.4 is 5.32 Å². The summed E-state index contributed by atoms with van der Waals surface area (Å²) in [4.78, 5) is 0.421. The zero-order chi connectivity index (χ0) is 5.98. The minimum absolute atomic E-state index is 0.421. The van der Waals surface area contributed by atoms with Crippen LogP contribution in [0.25, 0.3) is 0 Å². The van der Waals surface area contributed by atoms with Crippen LogP contribution in [-0.4, -0.2) is 19.8 Å². The summed E-state index contributed by atoms with van der Waals surface area (Å²) in [6, 6.07) is 0. The molecule has 0 unspecified atom stereocenters. The lowest BCUT2D eigenvalue weighted by atomic mass is 10.5. The van der Waals surface area contributed by atoms with Crippen molar-refractivity contribution in [2.24, 2.45) is 0 Å². The maximum absolute atomic E-state index is 10.1. The molecule has 1 aliphatic rings. The maximum atomic E-state index is 10.1. The molecule has 44 valence electrons. The van der Waals surface area contributed by atoms with Crippen LogP contribution in [0.3, 0.4) is 0 Å². The molecule has 1 heterocycles. The Morgan fingerprint density at radius 3 is 2.62 bits per heavy atom. The van der Waals surface area contributed by atoms with E-state index in [9.17, 15) is 8.42 Å². The lowest BCUT2D eigenvalue weighted by Crippen LogP contribution is -2.07. The highest BCUT2D eigenvalue weighted by atomic mass is 32.2. The fourth-order valence-corrected chi connectivity index (χ4v) is 0.865. The molecule has 0 amide bonds. The van der Waals surface area contributed by atoms with E-state index in [-0.39, 0.29) is 0 Å². The first-order valence-electron chi connectivity index (χ1n) is 2.16. The molecule has 0 saturated heterocycles. The second-order valence-corrected chi connectivity index (χ2v) is 2.41. The molecule has 0 aromatic heterocycles. The van der Waals surface area contributed by atoms with Crippen molar-refractivity contribution >= 4 is 15.2 Å². The Bertz CT molecular complexity index is 229. The molecule has 0 radical (unpaired) electrons. The van der Waals surface area contributed by atoms with Crippen molar-refractivity contribution in [1.29, 1.82) is 0 Å². The molecule has 0 fully saturated rings. The SMILES string of the molecule is O=S(=O)=C1C=CNC1. The molecule has 0 bridgehead atoms. The maximum Gasteiger partial charge on any atom is 0.219 e. The van der Waals surface area contributed by atoms with Crippen LogP contribution in [0.1, 0.15) is 0 Å². The van der Waals surface area contributed by atoms with Crippen LogP contribution >= 0.6 is 0 Å². The summed E-state index contributed by atoms with van der Waals surface area (Å²) in [7, 11) is -2.02. The van der Waals surface area contributed by atoms with Gasteiger partial charge in [0.05, 0.1) is 11.4 Å². The van der Waals surface area contributed by atoms with Crippen molar-refractivity contribution in [3.05, 3.63) is 12.3 Å². The summed E-state index contributed by atoms with van der Waals surface area (Å²) in [5.41, 5.74) is 0.